The maximum absolute atomic E-state index is 12.5. The van der Waals surface area contributed by atoms with E-state index in [1.165, 1.54) is 25.6 Å². The van der Waals surface area contributed by atoms with Gasteiger partial charge in [-0.05, 0) is 24.3 Å². The molecule has 6 nitrogen and oxygen atoms in total. The summed E-state index contributed by atoms with van der Waals surface area (Å²) < 4.78 is 30.7. The van der Waals surface area contributed by atoms with E-state index < -0.39 is 21.5 Å². The molecule has 0 atom stereocenters. The lowest BCUT2D eigenvalue weighted by molar-refractivity contribution is 0.0602. The molecule has 1 fully saturated rings. The maximum Gasteiger partial charge on any atom is 0.349 e. The SMILES string of the molecule is COC(=O)c1sccc1S(=O)(=O)N(C)C1(CO)CC1. The molecule has 0 aromatic carbocycles. The summed E-state index contributed by atoms with van der Waals surface area (Å²) >= 11 is 1.02. The lowest BCUT2D eigenvalue weighted by atomic mass is 10.3. The van der Waals surface area contributed by atoms with E-state index in [0.717, 1.165) is 15.6 Å². The van der Waals surface area contributed by atoms with Crippen molar-refractivity contribution in [1.82, 2.24) is 4.31 Å². The van der Waals surface area contributed by atoms with Crippen molar-refractivity contribution in [2.45, 2.75) is 23.3 Å². The number of methoxy groups -OCH3 is 1. The summed E-state index contributed by atoms with van der Waals surface area (Å²) in [5, 5.41) is 10.9. The number of aliphatic hydroxyl groups excluding tert-OH is 1. The minimum absolute atomic E-state index is 0.0584. The lowest BCUT2D eigenvalue weighted by Crippen LogP contribution is -2.41. The van der Waals surface area contributed by atoms with Crippen LogP contribution in [-0.2, 0) is 14.8 Å². The van der Waals surface area contributed by atoms with E-state index in [1.807, 2.05) is 0 Å². The van der Waals surface area contributed by atoms with Gasteiger partial charge in [0.25, 0.3) is 0 Å². The summed E-state index contributed by atoms with van der Waals surface area (Å²) in [6.07, 6.45) is 1.24. The molecule has 0 radical (unpaired) electrons. The highest BCUT2D eigenvalue weighted by Crippen LogP contribution is 2.43. The van der Waals surface area contributed by atoms with Crippen molar-refractivity contribution in [3.63, 3.8) is 0 Å². The van der Waals surface area contributed by atoms with E-state index in [9.17, 15) is 18.3 Å². The zero-order valence-corrected chi connectivity index (χ0v) is 12.3. The normalized spacial score (nSPS) is 17.5. The number of carbonyl (C=O) groups is 1. The molecule has 1 saturated carbocycles. The number of thiophene rings is 1. The number of hydrogen-bond donors (Lipinski definition) is 1. The predicted octanol–water partition coefficient (Wildman–Crippen LogP) is 0.680. The zero-order valence-electron chi connectivity index (χ0n) is 10.6. The average Bonchev–Trinajstić information content (AvgIpc) is 3.04. The van der Waals surface area contributed by atoms with Gasteiger partial charge in [-0.2, -0.15) is 4.31 Å². The van der Waals surface area contributed by atoms with Crippen molar-refractivity contribution < 1.29 is 23.1 Å². The first-order chi connectivity index (χ1) is 8.89. The Morgan fingerprint density at radius 1 is 1.58 bits per heavy atom. The molecule has 0 saturated heterocycles. The summed E-state index contributed by atoms with van der Waals surface area (Å²) in [6, 6.07) is 1.39. The number of carbonyl (C=O) groups excluding carboxylic acids is 1. The largest absolute Gasteiger partial charge is 0.465 e. The van der Waals surface area contributed by atoms with Crippen LogP contribution in [0, 0.1) is 0 Å². The molecule has 1 aliphatic rings. The molecule has 0 amide bonds. The summed E-state index contributed by atoms with van der Waals surface area (Å²) in [7, 11) is -1.17. The molecule has 0 spiro atoms. The van der Waals surface area contributed by atoms with Crippen LogP contribution in [0.4, 0.5) is 0 Å². The highest BCUT2D eigenvalue weighted by molar-refractivity contribution is 7.89. The quantitative estimate of drug-likeness (QED) is 0.809. The number of rotatable bonds is 5. The third-order valence-electron chi connectivity index (χ3n) is 3.43. The van der Waals surface area contributed by atoms with Crippen molar-refractivity contribution >= 4 is 27.3 Å². The van der Waals surface area contributed by atoms with E-state index in [1.54, 1.807) is 0 Å². The van der Waals surface area contributed by atoms with E-state index in [-0.39, 0.29) is 16.4 Å². The second-order valence-electron chi connectivity index (χ2n) is 4.46. The van der Waals surface area contributed by atoms with Crippen LogP contribution in [0.3, 0.4) is 0 Å². The van der Waals surface area contributed by atoms with Gasteiger partial charge in [0.1, 0.15) is 9.77 Å². The Labute approximate surface area is 115 Å². The smallest absolute Gasteiger partial charge is 0.349 e. The van der Waals surface area contributed by atoms with E-state index >= 15 is 0 Å². The Bertz CT molecular complexity index is 588. The van der Waals surface area contributed by atoms with Gasteiger partial charge in [0.05, 0.1) is 19.3 Å². The summed E-state index contributed by atoms with van der Waals surface area (Å²) in [4.78, 5) is 11.6. The summed E-state index contributed by atoms with van der Waals surface area (Å²) in [6.45, 7) is -0.222. The molecule has 0 unspecified atom stereocenters. The van der Waals surface area contributed by atoms with Gasteiger partial charge < -0.3 is 9.84 Å². The monoisotopic (exact) mass is 305 g/mol. The molecule has 1 aromatic rings. The van der Waals surface area contributed by atoms with Crippen LogP contribution >= 0.6 is 11.3 Å². The van der Waals surface area contributed by atoms with Crippen LogP contribution in [0.1, 0.15) is 22.5 Å². The average molecular weight is 305 g/mol. The van der Waals surface area contributed by atoms with Crippen molar-refractivity contribution in [1.29, 1.82) is 0 Å². The van der Waals surface area contributed by atoms with Gasteiger partial charge in [0, 0.05) is 7.05 Å². The summed E-state index contributed by atoms with van der Waals surface area (Å²) in [5.74, 6) is -0.671. The van der Waals surface area contributed by atoms with E-state index in [2.05, 4.69) is 4.74 Å². The second-order valence-corrected chi connectivity index (χ2v) is 7.31. The van der Waals surface area contributed by atoms with E-state index in [4.69, 9.17) is 0 Å². The number of esters is 1. The number of aliphatic hydroxyl groups is 1. The van der Waals surface area contributed by atoms with Gasteiger partial charge in [0.15, 0.2) is 0 Å². The standard InChI is InChI=1S/C11H15NO5S2/c1-12(11(7-13)4-5-11)19(15,16)8-3-6-18-9(8)10(14)17-2/h3,6,13H,4-5,7H2,1-2H3. The highest BCUT2D eigenvalue weighted by atomic mass is 32.2. The Morgan fingerprint density at radius 2 is 2.21 bits per heavy atom. The molecular weight excluding hydrogens is 290 g/mol. The molecule has 0 aliphatic heterocycles. The third kappa shape index (κ3) is 2.29. The van der Waals surface area contributed by atoms with Crippen molar-refractivity contribution in [2.24, 2.45) is 0 Å². The Hall–Kier alpha value is -0.960. The zero-order chi connectivity index (χ0) is 14.3. The van der Waals surface area contributed by atoms with Gasteiger partial charge in [-0.15, -0.1) is 11.3 Å². The molecule has 2 rings (SSSR count). The maximum atomic E-state index is 12.5. The molecule has 0 bridgehead atoms. The van der Waals surface area contributed by atoms with Crippen LogP contribution < -0.4 is 0 Å². The number of hydrogen-bond acceptors (Lipinski definition) is 6. The van der Waals surface area contributed by atoms with Crippen molar-refractivity contribution in [3.8, 4) is 0 Å². The minimum atomic E-state index is -3.81. The molecule has 19 heavy (non-hydrogen) atoms. The predicted molar refractivity (Wildman–Crippen MR) is 69.7 cm³/mol. The number of ether oxygens (including phenoxy) is 1. The fourth-order valence-corrected chi connectivity index (χ4v) is 4.71. The van der Waals surface area contributed by atoms with Crippen LogP contribution in [0.25, 0.3) is 0 Å². The Kier molecular flexibility index (Phi) is 3.69. The van der Waals surface area contributed by atoms with Crippen molar-refractivity contribution in [3.05, 3.63) is 16.3 Å². The first kappa shape index (κ1) is 14.4. The second kappa shape index (κ2) is 4.86. The molecular formula is C11H15NO5S2. The van der Waals surface area contributed by atoms with Crippen LogP contribution in [-0.4, -0.2) is 50.1 Å². The van der Waals surface area contributed by atoms with Crippen LogP contribution in [0.15, 0.2) is 16.3 Å². The minimum Gasteiger partial charge on any atom is -0.465 e. The Morgan fingerprint density at radius 3 is 2.68 bits per heavy atom. The fourth-order valence-electron chi connectivity index (χ4n) is 1.86. The van der Waals surface area contributed by atoms with Crippen molar-refractivity contribution in [2.75, 3.05) is 20.8 Å². The van der Waals surface area contributed by atoms with Gasteiger partial charge in [-0.1, -0.05) is 0 Å². The van der Waals surface area contributed by atoms with Crippen LogP contribution in [0.2, 0.25) is 0 Å². The third-order valence-corrected chi connectivity index (χ3v) is 6.46. The first-order valence-corrected chi connectivity index (χ1v) is 7.97. The molecule has 1 aromatic heterocycles. The number of nitrogens with zero attached hydrogens (tertiary/aromatic N) is 1. The van der Waals surface area contributed by atoms with Crippen LogP contribution in [0.5, 0.6) is 0 Å². The molecule has 1 aliphatic carbocycles. The summed E-state index contributed by atoms with van der Waals surface area (Å²) in [5.41, 5.74) is -0.714. The van der Waals surface area contributed by atoms with Gasteiger partial charge in [-0.25, -0.2) is 13.2 Å². The lowest BCUT2D eigenvalue weighted by Gasteiger charge is -2.25. The fraction of sp³-hybridized carbons (Fsp3) is 0.545. The number of sulfonamides is 1. The Balaban J connectivity index is 2.41. The van der Waals surface area contributed by atoms with Gasteiger partial charge in [0.2, 0.25) is 10.0 Å². The highest BCUT2D eigenvalue weighted by Gasteiger charge is 2.51. The van der Waals surface area contributed by atoms with Gasteiger partial charge >= 0.3 is 5.97 Å². The first-order valence-electron chi connectivity index (χ1n) is 5.65. The molecule has 1 N–H and O–H groups in total. The topological polar surface area (TPSA) is 83.9 Å². The number of likely N-dealkylation sites (N-methyl/N-ethyl adjacent to an activating group) is 1. The molecule has 1 heterocycles. The molecule has 106 valence electrons. The van der Waals surface area contributed by atoms with E-state index in [0.29, 0.717) is 12.8 Å². The van der Waals surface area contributed by atoms with Gasteiger partial charge in [-0.3, -0.25) is 0 Å². The molecule has 8 heteroatoms.